The van der Waals surface area contributed by atoms with E-state index in [1.54, 1.807) is 7.11 Å². The number of ether oxygens (including phenoxy) is 1. The molecule has 0 amide bonds. The summed E-state index contributed by atoms with van der Waals surface area (Å²) in [6.07, 6.45) is 1.92. The Bertz CT molecular complexity index is 1340. The van der Waals surface area contributed by atoms with Crippen LogP contribution in [-0.4, -0.2) is 30.7 Å². The highest BCUT2D eigenvalue weighted by Gasteiger charge is 2.36. The van der Waals surface area contributed by atoms with Crippen LogP contribution in [0, 0.1) is 0 Å². The first-order valence-electron chi connectivity index (χ1n) is 12.7. The topological polar surface area (TPSA) is 35.9 Å². The van der Waals surface area contributed by atoms with Gasteiger partial charge in [0.2, 0.25) is 0 Å². The van der Waals surface area contributed by atoms with E-state index in [9.17, 15) is 5.11 Å². The second-order valence-electron chi connectivity index (χ2n) is 9.99. The smallest absolute Gasteiger partial charge is 0.166 e. The summed E-state index contributed by atoms with van der Waals surface area (Å²) in [7, 11) is 3.84. The van der Waals surface area contributed by atoms with Gasteiger partial charge in [-0.25, -0.2) is 0 Å². The van der Waals surface area contributed by atoms with Crippen LogP contribution in [0.2, 0.25) is 0 Å². The summed E-state index contributed by atoms with van der Waals surface area (Å²) in [4.78, 5) is 4.85. The Morgan fingerprint density at radius 1 is 0.889 bits per heavy atom. The van der Waals surface area contributed by atoms with Crippen LogP contribution in [0.4, 0.5) is 5.69 Å². The molecule has 0 fully saturated rings. The minimum absolute atomic E-state index is 0.257. The standard InChI is InChI=1S/C32H32N2O2/c1-33-16-15-25-18-29(36-2)32(35)31-27-19-26(14-13-24(27)17-28(33)30(25)31)34(20-22-9-5-3-6-10-22)21-23-11-7-4-8-12-23/h3-14,18-19,28,35H,15-17,20-21H2,1-2H3. The van der Waals surface area contributed by atoms with Gasteiger partial charge in [0.25, 0.3) is 0 Å². The first kappa shape index (κ1) is 22.7. The van der Waals surface area contributed by atoms with Gasteiger partial charge in [0.05, 0.1) is 7.11 Å². The molecule has 0 radical (unpaired) electrons. The summed E-state index contributed by atoms with van der Waals surface area (Å²) in [6.45, 7) is 2.63. The second-order valence-corrected chi connectivity index (χ2v) is 9.99. The lowest BCUT2D eigenvalue weighted by Crippen LogP contribution is -2.35. The lowest BCUT2D eigenvalue weighted by Gasteiger charge is -2.40. The summed E-state index contributed by atoms with van der Waals surface area (Å²) >= 11 is 0. The molecular weight excluding hydrogens is 444 g/mol. The zero-order valence-corrected chi connectivity index (χ0v) is 20.9. The highest BCUT2D eigenvalue weighted by atomic mass is 16.5. The zero-order valence-electron chi connectivity index (χ0n) is 20.9. The molecule has 0 saturated carbocycles. The monoisotopic (exact) mass is 476 g/mol. The Labute approximate surface area is 213 Å². The van der Waals surface area contributed by atoms with Crippen molar-refractivity contribution >= 4 is 5.69 Å². The van der Waals surface area contributed by atoms with E-state index in [1.165, 1.54) is 27.8 Å². The number of nitrogens with zero attached hydrogens (tertiary/aromatic N) is 2. The van der Waals surface area contributed by atoms with E-state index in [0.717, 1.165) is 49.3 Å². The normalized spacial score (nSPS) is 16.2. The van der Waals surface area contributed by atoms with Crippen molar-refractivity contribution in [3.05, 3.63) is 113 Å². The molecular formula is C32H32N2O2. The number of phenolic OH excluding ortho intramolecular Hbond substituents is 1. The quantitative estimate of drug-likeness (QED) is 0.351. The third-order valence-corrected chi connectivity index (χ3v) is 7.78. The van der Waals surface area contributed by atoms with Crippen LogP contribution >= 0.6 is 0 Å². The van der Waals surface area contributed by atoms with Gasteiger partial charge >= 0.3 is 0 Å². The van der Waals surface area contributed by atoms with Crippen LogP contribution in [-0.2, 0) is 25.9 Å². The molecule has 1 N–H and O–H groups in total. The van der Waals surface area contributed by atoms with Crippen molar-refractivity contribution in [2.75, 3.05) is 25.6 Å². The fourth-order valence-corrected chi connectivity index (χ4v) is 5.89. The van der Waals surface area contributed by atoms with Crippen LogP contribution in [0.1, 0.15) is 33.9 Å². The van der Waals surface area contributed by atoms with E-state index in [4.69, 9.17) is 4.74 Å². The first-order valence-corrected chi connectivity index (χ1v) is 12.7. The highest BCUT2D eigenvalue weighted by Crippen LogP contribution is 2.52. The number of likely N-dealkylation sites (N-methyl/N-ethyl adjacent to an activating group) is 1. The van der Waals surface area contributed by atoms with E-state index in [0.29, 0.717) is 5.75 Å². The molecule has 0 aromatic heterocycles. The highest BCUT2D eigenvalue weighted by molar-refractivity contribution is 5.85. The minimum Gasteiger partial charge on any atom is -0.504 e. The molecule has 4 aromatic rings. The second kappa shape index (κ2) is 9.36. The number of anilines is 1. The maximum Gasteiger partial charge on any atom is 0.166 e. The summed E-state index contributed by atoms with van der Waals surface area (Å²) in [5.41, 5.74) is 9.61. The number of aromatic hydroxyl groups is 1. The van der Waals surface area contributed by atoms with Crippen molar-refractivity contribution in [3.8, 4) is 22.6 Å². The predicted octanol–water partition coefficient (Wildman–Crippen LogP) is 6.36. The lowest BCUT2D eigenvalue weighted by atomic mass is 9.76. The average Bonchev–Trinajstić information content (AvgIpc) is 2.92. The third-order valence-electron chi connectivity index (χ3n) is 7.78. The Morgan fingerprint density at radius 2 is 1.56 bits per heavy atom. The molecule has 2 aliphatic rings. The molecule has 1 atom stereocenters. The SMILES string of the molecule is COc1cc2c3c(c1O)-c1cc(N(Cc4ccccc4)Cc4ccccc4)ccc1CC3N(C)CC2. The van der Waals surface area contributed by atoms with Crippen molar-refractivity contribution in [2.45, 2.75) is 32.0 Å². The summed E-state index contributed by atoms with van der Waals surface area (Å²) in [6, 6.07) is 30.3. The molecule has 182 valence electrons. The summed E-state index contributed by atoms with van der Waals surface area (Å²) < 4.78 is 5.62. The van der Waals surface area contributed by atoms with Crippen molar-refractivity contribution in [3.63, 3.8) is 0 Å². The molecule has 4 aromatic carbocycles. The molecule has 1 unspecified atom stereocenters. The van der Waals surface area contributed by atoms with Gasteiger partial charge in [-0.05, 0) is 71.5 Å². The number of hydrogen-bond acceptors (Lipinski definition) is 4. The zero-order chi connectivity index (χ0) is 24.6. The van der Waals surface area contributed by atoms with Crippen LogP contribution in [0.25, 0.3) is 11.1 Å². The van der Waals surface area contributed by atoms with Gasteiger partial charge in [0.1, 0.15) is 0 Å². The molecule has 0 saturated heterocycles. The van der Waals surface area contributed by atoms with Gasteiger partial charge in [0, 0.05) is 36.9 Å². The van der Waals surface area contributed by atoms with Gasteiger partial charge < -0.3 is 14.7 Å². The van der Waals surface area contributed by atoms with Crippen molar-refractivity contribution in [1.82, 2.24) is 4.90 Å². The molecule has 0 bridgehead atoms. The number of methoxy groups -OCH3 is 1. The molecule has 4 heteroatoms. The lowest BCUT2D eigenvalue weighted by molar-refractivity contribution is 0.227. The maximum atomic E-state index is 11.4. The molecule has 1 heterocycles. The van der Waals surface area contributed by atoms with Crippen molar-refractivity contribution in [2.24, 2.45) is 0 Å². The van der Waals surface area contributed by atoms with E-state index in [-0.39, 0.29) is 11.8 Å². The van der Waals surface area contributed by atoms with Crippen LogP contribution in [0.3, 0.4) is 0 Å². The maximum absolute atomic E-state index is 11.4. The molecule has 4 nitrogen and oxygen atoms in total. The molecule has 36 heavy (non-hydrogen) atoms. The average molecular weight is 477 g/mol. The summed E-state index contributed by atoms with van der Waals surface area (Å²) in [5, 5.41) is 11.4. The number of phenols is 1. The largest absolute Gasteiger partial charge is 0.504 e. The Hall–Kier alpha value is -3.76. The van der Waals surface area contributed by atoms with Gasteiger partial charge in [-0.1, -0.05) is 66.7 Å². The fourth-order valence-electron chi connectivity index (χ4n) is 5.89. The number of rotatable bonds is 6. The number of fused-ring (bicyclic) bond motifs is 2. The minimum atomic E-state index is 0.257. The van der Waals surface area contributed by atoms with Gasteiger partial charge in [0.15, 0.2) is 11.5 Å². The fraction of sp³-hybridized carbons (Fsp3) is 0.250. The van der Waals surface area contributed by atoms with Gasteiger partial charge in [-0.15, -0.1) is 0 Å². The van der Waals surface area contributed by atoms with Crippen molar-refractivity contribution < 1.29 is 9.84 Å². The Morgan fingerprint density at radius 3 is 2.19 bits per heavy atom. The summed E-state index contributed by atoms with van der Waals surface area (Å²) in [5.74, 6) is 0.822. The van der Waals surface area contributed by atoms with Crippen molar-refractivity contribution in [1.29, 1.82) is 0 Å². The third kappa shape index (κ3) is 4.02. The Kier molecular flexibility index (Phi) is 5.90. The molecule has 0 spiro atoms. The first-order chi connectivity index (χ1) is 17.6. The predicted molar refractivity (Wildman–Crippen MR) is 146 cm³/mol. The van der Waals surface area contributed by atoms with E-state index >= 15 is 0 Å². The van der Waals surface area contributed by atoms with Gasteiger partial charge in [-0.2, -0.15) is 0 Å². The molecule has 6 rings (SSSR count). The van der Waals surface area contributed by atoms with Gasteiger partial charge in [-0.3, -0.25) is 4.90 Å². The van der Waals surface area contributed by atoms with E-state index in [2.05, 4.69) is 95.7 Å². The van der Waals surface area contributed by atoms with Crippen LogP contribution in [0.5, 0.6) is 11.5 Å². The van der Waals surface area contributed by atoms with E-state index in [1.807, 2.05) is 6.07 Å². The van der Waals surface area contributed by atoms with Crippen LogP contribution in [0.15, 0.2) is 84.9 Å². The number of hydrogen-bond donors (Lipinski definition) is 1. The Balaban J connectivity index is 1.47. The van der Waals surface area contributed by atoms with E-state index < -0.39 is 0 Å². The number of benzene rings is 4. The van der Waals surface area contributed by atoms with Crippen LogP contribution < -0.4 is 9.64 Å². The molecule has 1 aliphatic carbocycles. The molecule has 1 aliphatic heterocycles.